The van der Waals surface area contributed by atoms with E-state index in [-0.39, 0.29) is 36.5 Å². The van der Waals surface area contributed by atoms with Gasteiger partial charge in [-0.1, -0.05) is 26.0 Å². The average molecular weight is 320 g/mol. The molecule has 1 aliphatic rings. The van der Waals surface area contributed by atoms with E-state index in [0.29, 0.717) is 5.92 Å². The first-order valence-corrected chi connectivity index (χ1v) is 8.23. The van der Waals surface area contributed by atoms with Gasteiger partial charge in [0.2, 0.25) is 11.8 Å². The van der Waals surface area contributed by atoms with E-state index in [2.05, 4.69) is 19.2 Å². The summed E-state index contributed by atoms with van der Waals surface area (Å²) in [6.45, 7) is 6.51. The molecule has 0 radical (unpaired) electrons. The fourth-order valence-electron chi connectivity index (χ4n) is 2.80. The van der Waals surface area contributed by atoms with E-state index >= 15 is 0 Å². The molecule has 0 aliphatic carbocycles. The Morgan fingerprint density at radius 2 is 2.00 bits per heavy atom. The molecular weight excluding hydrogens is 295 g/mol. The van der Waals surface area contributed by atoms with Gasteiger partial charge in [0.05, 0.1) is 11.6 Å². The van der Waals surface area contributed by atoms with Crippen molar-refractivity contribution in [3.63, 3.8) is 0 Å². The molecule has 1 aliphatic heterocycles. The molecule has 1 saturated heterocycles. The summed E-state index contributed by atoms with van der Waals surface area (Å²) in [5.74, 6) is -0.576. The average Bonchev–Trinajstić information content (AvgIpc) is 2.87. The van der Waals surface area contributed by atoms with Gasteiger partial charge in [0, 0.05) is 19.0 Å². The van der Waals surface area contributed by atoms with E-state index in [1.165, 1.54) is 11.0 Å². The molecule has 4 nitrogen and oxygen atoms in total. The number of hydrogen-bond donors (Lipinski definition) is 1. The van der Waals surface area contributed by atoms with Crippen LogP contribution in [0.15, 0.2) is 24.3 Å². The van der Waals surface area contributed by atoms with Gasteiger partial charge in [0.25, 0.3) is 0 Å². The van der Waals surface area contributed by atoms with Gasteiger partial charge < -0.3 is 10.2 Å². The number of nitrogens with one attached hydrogen (secondary N) is 1. The lowest BCUT2D eigenvalue weighted by Crippen LogP contribution is -2.38. The molecule has 2 atom stereocenters. The summed E-state index contributed by atoms with van der Waals surface area (Å²) < 4.78 is 13.8. The standard InChI is InChI=1S/C18H25FN2O2/c1-12(2)8-9-13(3)20-18(23)14-10-17(22)21(11-14)16-7-5-4-6-15(16)19/h4-7,12-14H,8-11H2,1-3H3,(H,20,23). The van der Waals surface area contributed by atoms with Gasteiger partial charge in [-0.05, 0) is 37.8 Å². The van der Waals surface area contributed by atoms with Crippen molar-refractivity contribution in [2.45, 2.75) is 46.1 Å². The highest BCUT2D eigenvalue weighted by molar-refractivity contribution is 6.00. The summed E-state index contributed by atoms with van der Waals surface area (Å²) in [4.78, 5) is 25.8. The van der Waals surface area contributed by atoms with Crippen LogP contribution < -0.4 is 10.2 Å². The van der Waals surface area contributed by atoms with Gasteiger partial charge in [-0.15, -0.1) is 0 Å². The summed E-state index contributed by atoms with van der Waals surface area (Å²) in [5.41, 5.74) is 0.251. The summed E-state index contributed by atoms with van der Waals surface area (Å²) in [6, 6.07) is 6.25. The van der Waals surface area contributed by atoms with Gasteiger partial charge in [-0.25, -0.2) is 4.39 Å². The Morgan fingerprint density at radius 3 is 2.65 bits per heavy atom. The molecule has 1 aromatic carbocycles. The first kappa shape index (κ1) is 17.4. The van der Waals surface area contributed by atoms with Gasteiger partial charge in [-0.2, -0.15) is 0 Å². The molecule has 1 aromatic rings. The smallest absolute Gasteiger partial charge is 0.227 e. The Bertz CT molecular complexity index is 574. The molecule has 0 spiro atoms. The zero-order valence-electron chi connectivity index (χ0n) is 14.0. The van der Waals surface area contributed by atoms with Gasteiger partial charge in [-0.3, -0.25) is 9.59 Å². The lowest BCUT2D eigenvalue weighted by molar-refractivity contribution is -0.126. The third kappa shape index (κ3) is 4.53. The Kier molecular flexibility index (Phi) is 5.74. The minimum Gasteiger partial charge on any atom is -0.353 e. The second-order valence-corrected chi connectivity index (χ2v) is 6.74. The summed E-state index contributed by atoms with van der Waals surface area (Å²) in [7, 11) is 0. The van der Waals surface area contributed by atoms with Crippen LogP contribution in [0.5, 0.6) is 0 Å². The normalized spacial score (nSPS) is 19.3. The van der Waals surface area contributed by atoms with E-state index in [1.807, 2.05) is 6.92 Å². The molecule has 2 amide bonds. The van der Waals surface area contributed by atoms with Crippen molar-refractivity contribution in [3.8, 4) is 0 Å². The number of benzene rings is 1. The van der Waals surface area contributed by atoms with E-state index in [0.717, 1.165) is 12.8 Å². The number of carbonyl (C=O) groups is 2. The van der Waals surface area contributed by atoms with Crippen molar-refractivity contribution in [3.05, 3.63) is 30.1 Å². The second kappa shape index (κ2) is 7.57. The summed E-state index contributed by atoms with van der Waals surface area (Å²) in [6.07, 6.45) is 2.10. The fraction of sp³-hybridized carbons (Fsp3) is 0.556. The Labute approximate surface area is 137 Å². The van der Waals surface area contributed by atoms with E-state index in [1.54, 1.807) is 18.2 Å². The van der Waals surface area contributed by atoms with Crippen LogP contribution in [0.2, 0.25) is 0 Å². The maximum absolute atomic E-state index is 13.8. The van der Waals surface area contributed by atoms with Crippen LogP contribution in [0.3, 0.4) is 0 Å². The predicted octanol–water partition coefficient (Wildman–Crippen LogP) is 3.12. The number of para-hydroxylation sites is 1. The molecule has 0 saturated carbocycles. The number of rotatable bonds is 6. The highest BCUT2D eigenvalue weighted by Gasteiger charge is 2.36. The number of halogens is 1. The van der Waals surface area contributed by atoms with E-state index < -0.39 is 11.7 Å². The van der Waals surface area contributed by atoms with Crippen LogP contribution in [0.1, 0.15) is 40.0 Å². The van der Waals surface area contributed by atoms with Crippen LogP contribution in [0.25, 0.3) is 0 Å². The molecule has 2 rings (SSSR count). The Hall–Kier alpha value is -1.91. The third-order valence-corrected chi connectivity index (χ3v) is 4.20. The molecule has 1 heterocycles. The zero-order chi connectivity index (χ0) is 17.0. The summed E-state index contributed by atoms with van der Waals surface area (Å²) >= 11 is 0. The number of amides is 2. The third-order valence-electron chi connectivity index (χ3n) is 4.20. The van der Waals surface area contributed by atoms with Crippen molar-refractivity contribution >= 4 is 17.5 Å². The maximum atomic E-state index is 13.8. The molecule has 0 bridgehead atoms. The SMILES string of the molecule is CC(C)CCC(C)NC(=O)C1CC(=O)N(c2ccccc2F)C1. The van der Waals surface area contributed by atoms with Gasteiger partial charge in [0.1, 0.15) is 5.82 Å². The monoisotopic (exact) mass is 320 g/mol. The van der Waals surface area contributed by atoms with Gasteiger partial charge in [0.15, 0.2) is 0 Å². The molecule has 1 fully saturated rings. The van der Waals surface area contributed by atoms with Crippen LogP contribution >= 0.6 is 0 Å². The second-order valence-electron chi connectivity index (χ2n) is 6.74. The highest BCUT2D eigenvalue weighted by Crippen LogP contribution is 2.27. The minimum absolute atomic E-state index is 0.0857. The molecule has 23 heavy (non-hydrogen) atoms. The van der Waals surface area contributed by atoms with Crippen LogP contribution in [0, 0.1) is 17.7 Å². The van der Waals surface area contributed by atoms with E-state index in [4.69, 9.17) is 0 Å². The van der Waals surface area contributed by atoms with Crippen molar-refractivity contribution in [2.24, 2.45) is 11.8 Å². The van der Waals surface area contributed by atoms with Crippen molar-refractivity contribution in [2.75, 3.05) is 11.4 Å². The molecule has 126 valence electrons. The molecule has 0 aromatic heterocycles. The first-order valence-electron chi connectivity index (χ1n) is 8.23. The largest absolute Gasteiger partial charge is 0.353 e. The quantitative estimate of drug-likeness (QED) is 0.875. The summed E-state index contributed by atoms with van der Waals surface area (Å²) in [5, 5.41) is 2.97. The van der Waals surface area contributed by atoms with Crippen molar-refractivity contribution in [1.29, 1.82) is 0 Å². The maximum Gasteiger partial charge on any atom is 0.227 e. The molecular formula is C18H25FN2O2. The lowest BCUT2D eigenvalue weighted by Gasteiger charge is -2.19. The minimum atomic E-state index is -0.438. The number of hydrogen-bond acceptors (Lipinski definition) is 2. The van der Waals surface area contributed by atoms with Crippen molar-refractivity contribution < 1.29 is 14.0 Å². The Balaban J connectivity index is 1.94. The van der Waals surface area contributed by atoms with Gasteiger partial charge >= 0.3 is 0 Å². The Morgan fingerprint density at radius 1 is 1.30 bits per heavy atom. The van der Waals surface area contributed by atoms with Crippen LogP contribution in [-0.4, -0.2) is 24.4 Å². The topological polar surface area (TPSA) is 49.4 Å². The zero-order valence-corrected chi connectivity index (χ0v) is 14.0. The van der Waals surface area contributed by atoms with Crippen LogP contribution in [-0.2, 0) is 9.59 Å². The first-order chi connectivity index (χ1) is 10.9. The van der Waals surface area contributed by atoms with E-state index in [9.17, 15) is 14.0 Å². The van der Waals surface area contributed by atoms with Crippen molar-refractivity contribution in [1.82, 2.24) is 5.32 Å². The highest BCUT2D eigenvalue weighted by atomic mass is 19.1. The molecule has 2 unspecified atom stereocenters. The predicted molar refractivity (Wildman–Crippen MR) is 88.5 cm³/mol. The lowest BCUT2D eigenvalue weighted by atomic mass is 10.0. The van der Waals surface area contributed by atoms with Crippen LogP contribution in [0.4, 0.5) is 10.1 Å². The molecule has 1 N–H and O–H groups in total. The molecule has 5 heteroatoms. The number of carbonyl (C=O) groups excluding carboxylic acids is 2. The number of anilines is 1. The fourth-order valence-corrected chi connectivity index (χ4v) is 2.80. The number of nitrogens with zero attached hydrogens (tertiary/aromatic N) is 1.